The first-order chi connectivity index (χ1) is 11.7. The van der Waals surface area contributed by atoms with Crippen molar-refractivity contribution in [2.45, 2.75) is 51.3 Å². The third-order valence-corrected chi connectivity index (χ3v) is 5.29. The van der Waals surface area contributed by atoms with E-state index in [2.05, 4.69) is 26.1 Å². The minimum Gasteiger partial charge on any atom is -0.493 e. The van der Waals surface area contributed by atoms with Crippen LogP contribution in [-0.2, 0) is 4.74 Å². The van der Waals surface area contributed by atoms with Gasteiger partial charge in [-0.15, -0.1) is 0 Å². The second kappa shape index (κ2) is 7.33. The molecule has 0 radical (unpaired) electrons. The van der Waals surface area contributed by atoms with Crippen LogP contribution in [0.15, 0.2) is 16.6 Å². The van der Waals surface area contributed by atoms with Crippen molar-refractivity contribution in [2.24, 2.45) is 0 Å². The average molecular weight is 432 g/mol. The molecule has 3 rings (SSSR count). The average Bonchev–Trinajstić information content (AvgIpc) is 2.92. The lowest BCUT2D eigenvalue weighted by Crippen LogP contribution is -2.41. The summed E-state index contributed by atoms with van der Waals surface area (Å²) in [7, 11) is 0. The van der Waals surface area contributed by atoms with Crippen LogP contribution in [0.3, 0.4) is 0 Å². The zero-order valence-electron chi connectivity index (χ0n) is 14.8. The summed E-state index contributed by atoms with van der Waals surface area (Å²) >= 11 is 9.77. The maximum atomic E-state index is 12.0. The van der Waals surface area contributed by atoms with E-state index in [9.17, 15) is 4.79 Å². The molecule has 1 unspecified atom stereocenters. The molecule has 5 nitrogen and oxygen atoms in total. The van der Waals surface area contributed by atoms with Gasteiger partial charge in [0.2, 0.25) is 0 Å². The number of nitrogens with zero attached hydrogens (tertiary/aromatic N) is 1. The summed E-state index contributed by atoms with van der Waals surface area (Å²) in [5, 5.41) is 3.65. The number of hydrogen-bond acceptors (Lipinski definition) is 4. The number of carbonyl (C=O) groups is 1. The fourth-order valence-electron chi connectivity index (χ4n) is 3.46. The third kappa shape index (κ3) is 4.60. The zero-order valence-corrected chi connectivity index (χ0v) is 17.1. The Hall–Kier alpha value is -0.980. The molecule has 1 aromatic rings. The molecule has 1 aromatic carbocycles. The SMILES string of the molecule is CC(C)(C)OC(=O)N[C@@H]1CCN(C2CCOc3cc(Cl)cc(Br)c32)C1. The largest absolute Gasteiger partial charge is 0.493 e. The molecular formula is C18H24BrClN2O3. The van der Waals surface area contributed by atoms with Crippen LogP contribution in [0, 0.1) is 0 Å². The first kappa shape index (κ1) is 18.8. The van der Waals surface area contributed by atoms with Gasteiger partial charge in [-0.2, -0.15) is 0 Å². The van der Waals surface area contributed by atoms with Crippen LogP contribution in [0.1, 0.15) is 45.2 Å². The van der Waals surface area contributed by atoms with E-state index in [1.165, 1.54) is 0 Å². The lowest BCUT2D eigenvalue weighted by molar-refractivity contribution is 0.0503. The molecule has 25 heavy (non-hydrogen) atoms. The van der Waals surface area contributed by atoms with Crippen molar-refractivity contribution in [3.05, 3.63) is 27.2 Å². The van der Waals surface area contributed by atoms with Gasteiger partial charge >= 0.3 is 6.09 Å². The Labute approximate surface area is 162 Å². The van der Waals surface area contributed by atoms with Crippen molar-refractivity contribution in [3.8, 4) is 5.75 Å². The van der Waals surface area contributed by atoms with E-state index in [1.54, 1.807) is 0 Å². The van der Waals surface area contributed by atoms with Gasteiger partial charge in [-0.05, 0) is 39.3 Å². The van der Waals surface area contributed by atoms with Crippen molar-refractivity contribution < 1.29 is 14.3 Å². The number of benzene rings is 1. The van der Waals surface area contributed by atoms with E-state index in [0.29, 0.717) is 11.6 Å². The molecule has 0 bridgehead atoms. The van der Waals surface area contributed by atoms with Crippen molar-refractivity contribution in [3.63, 3.8) is 0 Å². The van der Waals surface area contributed by atoms with E-state index < -0.39 is 5.60 Å². The van der Waals surface area contributed by atoms with E-state index >= 15 is 0 Å². The highest BCUT2D eigenvalue weighted by Crippen LogP contribution is 2.43. The number of alkyl carbamates (subject to hydrolysis) is 1. The van der Waals surface area contributed by atoms with E-state index in [4.69, 9.17) is 21.1 Å². The second-order valence-electron chi connectivity index (χ2n) is 7.58. The minimum atomic E-state index is -0.480. The van der Waals surface area contributed by atoms with Gasteiger partial charge in [0.25, 0.3) is 0 Å². The quantitative estimate of drug-likeness (QED) is 0.748. The molecule has 7 heteroatoms. The van der Waals surface area contributed by atoms with Gasteiger partial charge in [0.1, 0.15) is 11.4 Å². The van der Waals surface area contributed by atoms with Gasteiger partial charge in [0.05, 0.1) is 6.61 Å². The number of hydrogen-bond donors (Lipinski definition) is 1. The van der Waals surface area contributed by atoms with Gasteiger partial charge in [-0.25, -0.2) is 4.79 Å². The van der Waals surface area contributed by atoms with Crippen LogP contribution in [0.2, 0.25) is 5.02 Å². The number of fused-ring (bicyclic) bond motifs is 1. The maximum absolute atomic E-state index is 12.0. The summed E-state index contributed by atoms with van der Waals surface area (Å²) in [6, 6.07) is 4.16. The Morgan fingerprint density at radius 1 is 1.40 bits per heavy atom. The van der Waals surface area contributed by atoms with Crippen LogP contribution in [0.4, 0.5) is 4.79 Å². The summed E-state index contributed by atoms with van der Waals surface area (Å²) < 4.78 is 12.1. The summed E-state index contributed by atoms with van der Waals surface area (Å²) in [6.45, 7) is 8.02. The molecule has 0 saturated carbocycles. The molecule has 0 spiro atoms. The number of likely N-dealkylation sites (tertiary alicyclic amines) is 1. The molecule has 2 atom stereocenters. The molecule has 0 aromatic heterocycles. The summed E-state index contributed by atoms with van der Waals surface area (Å²) in [5.74, 6) is 0.846. The molecule has 2 aliphatic rings. The Bertz CT molecular complexity index is 662. The van der Waals surface area contributed by atoms with Crippen molar-refractivity contribution in [1.82, 2.24) is 10.2 Å². The molecule has 138 valence electrons. The van der Waals surface area contributed by atoms with Crippen molar-refractivity contribution >= 4 is 33.6 Å². The van der Waals surface area contributed by atoms with E-state index in [-0.39, 0.29) is 18.2 Å². The zero-order chi connectivity index (χ0) is 18.2. The maximum Gasteiger partial charge on any atom is 0.407 e. The Balaban J connectivity index is 1.67. The Morgan fingerprint density at radius 2 is 2.16 bits per heavy atom. The summed E-state index contributed by atoms with van der Waals surface area (Å²) in [5.41, 5.74) is 0.667. The first-order valence-corrected chi connectivity index (χ1v) is 9.75. The lowest BCUT2D eigenvalue weighted by Gasteiger charge is -2.34. The number of ether oxygens (including phenoxy) is 2. The third-order valence-electron chi connectivity index (χ3n) is 4.42. The number of amides is 1. The van der Waals surface area contributed by atoms with E-state index in [0.717, 1.165) is 41.7 Å². The molecule has 1 saturated heterocycles. The van der Waals surface area contributed by atoms with Gasteiger partial charge in [-0.1, -0.05) is 27.5 Å². The fraction of sp³-hybridized carbons (Fsp3) is 0.611. The number of rotatable bonds is 2. The van der Waals surface area contributed by atoms with Crippen LogP contribution in [0.5, 0.6) is 5.75 Å². The van der Waals surface area contributed by atoms with Crippen molar-refractivity contribution in [2.75, 3.05) is 19.7 Å². The first-order valence-electron chi connectivity index (χ1n) is 8.58. The number of nitrogens with one attached hydrogen (secondary N) is 1. The predicted molar refractivity (Wildman–Crippen MR) is 101 cm³/mol. The number of carbonyl (C=O) groups excluding carboxylic acids is 1. The number of halogens is 2. The molecule has 0 aliphatic carbocycles. The highest BCUT2D eigenvalue weighted by molar-refractivity contribution is 9.10. The van der Waals surface area contributed by atoms with Crippen LogP contribution in [-0.4, -0.2) is 42.3 Å². The molecule has 1 fully saturated rings. The van der Waals surface area contributed by atoms with E-state index in [1.807, 2.05) is 32.9 Å². The summed E-state index contributed by atoms with van der Waals surface area (Å²) in [6.07, 6.45) is 1.49. The highest BCUT2D eigenvalue weighted by atomic mass is 79.9. The van der Waals surface area contributed by atoms with Gasteiger partial charge in [-0.3, -0.25) is 4.90 Å². The van der Waals surface area contributed by atoms with Gasteiger partial charge in [0.15, 0.2) is 0 Å². The van der Waals surface area contributed by atoms with Crippen molar-refractivity contribution in [1.29, 1.82) is 0 Å². The van der Waals surface area contributed by atoms with Gasteiger partial charge in [0, 0.05) is 46.7 Å². The topological polar surface area (TPSA) is 50.8 Å². The summed E-state index contributed by atoms with van der Waals surface area (Å²) in [4.78, 5) is 14.4. The van der Waals surface area contributed by atoms with Gasteiger partial charge < -0.3 is 14.8 Å². The minimum absolute atomic E-state index is 0.104. The standard InChI is InChI=1S/C18H24BrClN2O3/c1-18(2,3)25-17(23)21-12-4-6-22(10-12)14-5-7-24-15-9-11(20)8-13(19)16(14)15/h8-9,12,14H,4-7,10H2,1-3H3,(H,21,23)/t12-,14?/m1/s1. The smallest absolute Gasteiger partial charge is 0.407 e. The normalized spacial score (nSPS) is 23.7. The molecule has 2 aliphatic heterocycles. The molecule has 1 amide bonds. The van der Waals surface area contributed by atoms with Crippen LogP contribution < -0.4 is 10.1 Å². The Kier molecular flexibility index (Phi) is 5.51. The highest BCUT2D eigenvalue weighted by Gasteiger charge is 2.35. The predicted octanol–water partition coefficient (Wildman–Crippen LogP) is 4.53. The second-order valence-corrected chi connectivity index (χ2v) is 8.87. The lowest BCUT2D eigenvalue weighted by atomic mass is 9.99. The monoisotopic (exact) mass is 430 g/mol. The van der Waals surface area contributed by atoms with Crippen LogP contribution >= 0.6 is 27.5 Å². The molecule has 1 N–H and O–H groups in total. The fourth-order valence-corrected chi connectivity index (χ4v) is 4.50. The molecule has 2 heterocycles. The molecular weight excluding hydrogens is 408 g/mol. The van der Waals surface area contributed by atoms with Crippen LogP contribution in [0.25, 0.3) is 0 Å². The Morgan fingerprint density at radius 3 is 2.88 bits per heavy atom.